The first-order chi connectivity index (χ1) is 27.1. The molecule has 0 radical (unpaired) electrons. The molecule has 7 aromatic rings. The van der Waals surface area contributed by atoms with Crippen molar-refractivity contribution in [2.75, 3.05) is 0 Å². The summed E-state index contributed by atoms with van der Waals surface area (Å²) in [6.07, 6.45) is 6.51. The monoisotopic (exact) mass is 892 g/mol. The van der Waals surface area contributed by atoms with Crippen LogP contribution in [0.3, 0.4) is 0 Å². The SMILES string of the molecule is CC1(C)c2ccccc2-c2ccc(-c3ccc(-c4ccnc(-c5ccccn5)c4)s3)cc21.N#C[S-].O=COc1ccnc(-c2cc(C(=O)O)ccn2)c1.[N-]=C=S.[Ru+2]. The van der Waals surface area contributed by atoms with E-state index in [4.69, 9.17) is 15.8 Å². The van der Waals surface area contributed by atoms with Crippen LogP contribution in [-0.2, 0) is 42.3 Å². The van der Waals surface area contributed by atoms with Crippen molar-refractivity contribution >= 4 is 53.8 Å². The van der Waals surface area contributed by atoms with Crippen molar-refractivity contribution in [1.29, 1.82) is 5.26 Å². The quantitative estimate of drug-likeness (QED) is 0.0405. The van der Waals surface area contributed by atoms with Gasteiger partial charge in [0.05, 0.1) is 28.3 Å². The molecule has 2 aromatic carbocycles. The summed E-state index contributed by atoms with van der Waals surface area (Å²) in [4.78, 5) is 40.6. The number of benzene rings is 2. The van der Waals surface area contributed by atoms with Crippen molar-refractivity contribution in [3.8, 4) is 65.9 Å². The second-order valence-corrected chi connectivity index (χ2v) is 13.7. The number of isothiocyanates is 1. The number of aromatic carboxylic acids is 1. The molecule has 57 heavy (non-hydrogen) atoms. The van der Waals surface area contributed by atoms with Crippen LogP contribution < -0.4 is 4.74 Å². The van der Waals surface area contributed by atoms with Gasteiger partial charge in [0.15, 0.2) is 0 Å². The molecule has 5 heterocycles. The number of hydrogen-bond acceptors (Lipinski definition) is 11. The van der Waals surface area contributed by atoms with Gasteiger partial charge in [0, 0.05) is 46.0 Å². The van der Waals surface area contributed by atoms with Crippen molar-refractivity contribution in [3.05, 3.63) is 156 Å². The van der Waals surface area contributed by atoms with Gasteiger partial charge in [-0.15, -0.1) is 11.3 Å². The van der Waals surface area contributed by atoms with E-state index in [0.717, 1.165) is 11.4 Å². The molecule has 0 bridgehead atoms. The zero-order chi connectivity index (χ0) is 40.1. The number of thiocyanates is 1. The van der Waals surface area contributed by atoms with Gasteiger partial charge >= 0.3 is 25.4 Å². The topological polar surface area (TPSA) is 161 Å². The number of thiocarbonyl (C=S) groups is 1. The molecule has 0 amide bonds. The average Bonchev–Trinajstić information content (AvgIpc) is 3.81. The number of nitrogens with zero attached hydrogens (tertiary/aromatic N) is 6. The largest absolute Gasteiger partial charge is 2.00 e. The van der Waals surface area contributed by atoms with Crippen molar-refractivity contribution in [1.82, 2.24) is 19.9 Å². The van der Waals surface area contributed by atoms with Crippen molar-refractivity contribution in [2.24, 2.45) is 0 Å². The van der Waals surface area contributed by atoms with Crippen LogP contribution >= 0.6 is 23.6 Å². The maximum Gasteiger partial charge on any atom is 2.00 e. The Labute approximate surface area is 357 Å². The molecule has 0 spiro atoms. The predicted molar refractivity (Wildman–Crippen MR) is 224 cm³/mol. The number of rotatable bonds is 7. The normalized spacial score (nSPS) is 11.0. The first-order valence-electron chi connectivity index (χ1n) is 16.7. The molecule has 0 atom stereocenters. The number of nitriles is 1. The fourth-order valence-corrected chi connectivity index (χ4v) is 7.13. The van der Waals surface area contributed by atoms with E-state index in [1.807, 2.05) is 35.7 Å². The minimum Gasteiger partial charge on any atom is -0.753 e. The molecule has 8 rings (SSSR count). The van der Waals surface area contributed by atoms with Gasteiger partial charge in [0.2, 0.25) is 0 Å². The number of carboxylic acid groups (broad SMARTS) is 1. The van der Waals surface area contributed by atoms with E-state index in [0.29, 0.717) is 23.6 Å². The van der Waals surface area contributed by atoms with Gasteiger partial charge in [-0.05, 0) is 94.0 Å². The van der Waals surface area contributed by atoms with Crippen molar-refractivity contribution in [2.45, 2.75) is 19.3 Å². The molecular formula is C43H30N6O4RuS3. The van der Waals surface area contributed by atoms with Crippen LogP contribution in [0.1, 0.15) is 35.3 Å². The molecule has 5 aromatic heterocycles. The Bertz CT molecular complexity index is 2570. The summed E-state index contributed by atoms with van der Waals surface area (Å²) in [5, 5.41) is 25.8. The van der Waals surface area contributed by atoms with E-state index < -0.39 is 5.97 Å². The summed E-state index contributed by atoms with van der Waals surface area (Å²) >= 11 is 9.22. The summed E-state index contributed by atoms with van der Waals surface area (Å²) in [5.74, 6) is -0.725. The molecule has 0 saturated heterocycles. The minimum atomic E-state index is -1.04. The molecule has 1 aliphatic rings. The maximum absolute atomic E-state index is 10.8. The first-order valence-corrected chi connectivity index (χ1v) is 18.3. The summed E-state index contributed by atoms with van der Waals surface area (Å²) < 4.78 is 4.68. The number of pyridine rings is 4. The first kappa shape index (κ1) is 43.5. The van der Waals surface area contributed by atoms with E-state index in [9.17, 15) is 9.59 Å². The molecule has 282 valence electrons. The summed E-state index contributed by atoms with van der Waals surface area (Å²) in [6.45, 7) is 4.97. The zero-order valence-electron chi connectivity index (χ0n) is 30.2. The number of fused-ring (bicyclic) bond motifs is 3. The van der Waals surface area contributed by atoms with E-state index in [1.165, 1.54) is 90.4 Å². The molecular weight excluding hydrogens is 862 g/mol. The van der Waals surface area contributed by atoms with Crippen LogP contribution in [0.5, 0.6) is 5.75 Å². The van der Waals surface area contributed by atoms with Crippen LogP contribution in [0.2, 0.25) is 0 Å². The Morgan fingerprint density at radius 2 is 1.33 bits per heavy atom. The van der Waals surface area contributed by atoms with Crippen LogP contribution in [0.25, 0.3) is 60.2 Å². The third-order valence-corrected chi connectivity index (χ3v) is 9.81. The van der Waals surface area contributed by atoms with Gasteiger partial charge in [-0.1, -0.05) is 73.9 Å². The predicted octanol–water partition coefficient (Wildman–Crippen LogP) is 9.89. The summed E-state index contributed by atoms with van der Waals surface area (Å²) in [7, 11) is 0. The Balaban J connectivity index is 0.000000245. The molecule has 0 aliphatic heterocycles. The minimum absolute atomic E-state index is 0. The van der Waals surface area contributed by atoms with E-state index in [1.54, 1.807) is 6.20 Å². The molecule has 0 fully saturated rings. The number of aromatic nitrogens is 4. The number of thiophene rings is 1. The summed E-state index contributed by atoms with van der Waals surface area (Å²) in [5.41, 5.74) is 10.7. The third kappa shape index (κ3) is 10.6. The van der Waals surface area contributed by atoms with Gasteiger partial charge in [0.25, 0.3) is 6.47 Å². The van der Waals surface area contributed by atoms with Crippen molar-refractivity contribution in [3.63, 3.8) is 0 Å². The number of carbonyl (C=O) groups excluding carboxylic acids is 1. The Hall–Kier alpha value is -6.19. The molecule has 1 aliphatic carbocycles. The second kappa shape index (κ2) is 20.7. The molecule has 0 saturated carbocycles. The second-order valence-electron chi connectivity index (χ2n) is 12.2. The van der Waals surface area contributed by atoms with Crippen LogP contribution in [0, 0.1) is 10.7 Å². The van der Waals surface area contributed by atoms with Gasteiger partial charge in [-0.2, -0.15) is 5.16 Å². The van der Waals surface area contributed by atoms with Gasteiger partial charge < -0.3 is 27.9 Å². The fourth-order valence-electron chi connectivity index (χ4n) is 6.13. The third-order valence-electron chi connectivity index (χ3n) is 8.63. The van der Waals surface area contributed by atoms with Gasteiger partial charge in [0.1, 0.15) is 5.75 Å². The molecule has 1 N–H and O–H groups in total. The van der Waals surface area contributed by atoms with E-state index in [2.05, 4.69) is 130 Å². The number of carboxylic acids is 1. The number of carbonyl (C=O) groups is 2. The van der Waals surface area contributed by atoms with Crippen LogP contribution in [0.15, 0.2) is 134 Å². The Kier molecular flexibility index (Phi) is 15.8. The van der Waals surface area contributed by atoms with Crippen LogP contribution in [0.4, 0.5) is 0 Å². The van der Waals surface area contributed by atoms with E-state index in [-0.39, 0.29) is 30.5 Å². The molecule has 0 unspecified atom stereocenters. The molecule has 10 nitrogen and oxygen atoms in total. The van der Waals surface area contributed by atoms with E-state index >= 15 is 0 Å². The maximum atomic E-state index is 10.8. The Morgan fingerprint density at radius 1 is 0.772 bits per heavy atom. The van der Waals surface area contributed by atoms with Crippen molar-refractivity contribution < 1.29 is 38.9 Å². The summed E-state index contributed by atoms with van der Waals surface area (Å²) in [6, 6.07) is 36.1. The number of ether oxygens (including phenoxy) is 1. The molecule has 14 heteroatoms. The fraction of sp³-hybridized carbons (Fsp3) is 0.0698. The smallest absolute Gasteiger partial charge is 0.753 e. The standard InChI is InChI=1S/C29H22N2S.C12H8N2O4.CHNS.CNS.Ru/c1-29(2)23-8-4-3-7-21(23)22-11-10-19(17-24(22)29)27-12-13-28(32-27)20-14-16-31-26(18-20)25-9-5-6-15-30-25;15-7-18-9-2-4-14-11(6-9)10-5-8(12(16)17)1-3-13-10;2*2-1-3;/h3-18H,1-2H3;1-7H,(H,16,17);3H;;/q;;;-1;+2/p-1. The zero-order valence-corrected chi connectivity index (χ0v) is 34.4. The van der Waals surface area contributed by atoms with Gasteiger partial charge in [-0.25, -0.2) is 10.1 Å². The van der Waals surface area contributed by atoms with Gasteiger partial charge in [-0.3, -0.25) is 24.7 Å². The van der Waals surface area contributed by atoms with Crippen LogP contribution in [-0.4, -0.2) is 42.6 Å². The number of hydrogen-bond donors (Lipinski definition) is 1. The average molecular weight is 892 g/mol. The Morgan fingerprint density at radius 3 is 1.98 bits per heavy atom.